The number of H-pyrrole nitrogens is 1. The van der Waals surface area contributed by atoms with Gasteiger partial charge in [0.05, 0.1) is 16.8 Å². The number of hydrogen-bond donors (Lipinski definition) is 2. The fraction of sp³-hybridized carbons (Fsp3) is 0.100. The van der Waals surface area contributed by atoms with Crippen molar-refractivity contribution in [3.8, 4) is 0 Å². The summed E-state index contributed by atoms with van der Waals surface area (Å²) in [7, 11) is 1.95. The van der Waals surface area contributed by atoms with Crippen molar-refractivity contribution in [1.82, 2.24) is 20.2 Å². The van der Waals surface area contributed by atoms with Gasteiger partial charge in [-0.25, -0.2) is 5.48 Å². The number of hydrogen-bond acceptors (Lipinski definition) is 3. The van der Waals surface area contributed by atoms with Crippen LogP contribution in [0.4, 0.5) is 0 Å². The van der Waals surface area contributed by atoms with Crippen LogP contribution in [0, 0.1) is 0 Å². The van der Waals surface area contributed by atoms with Gasteiger partial charge < -0.3 is 4.57 Å². The molecule has 0 atom stereocenters. The maximum atomic E-state index is 12.8. The van der Waals surface area contributed by atoms with E-state index in [1.165, 1.54) is 0 Å². The van der Waals surface area contributed by atoms with Crippen molar-refractivity contribution in [3.05, 3.63) is 64.9 Å². The summed E-state index contributed by atoms with van der Waals surface area (Å²) >= 11 is 6.22. The van der Waals surface area contributed by atoms with E-state index in [1.54, 1.807) is 0 Å². The molecule has 2 aromatic heterocycles. The molecular formula is C20H15ClN4O2. The molecule has 0 radical (unpaired) electrons. The first kappa shape index (κ1) is 16.1. The summed E-state index contributed by atoms with van der Waals surface area (Å²) in [4.78, 5) is 18.1. The lowest BCUT2D eigenvalue weighted by molar-refractivity contribution is -0.127. The van der Waals surface area contributed by atoms with Gasteiger partial charge in [-0.1, -0.05) is 29.8 Å². The zero-order chi connectivity index (χ0) is 18.5. The Balaban J connectivity index is 1.84. The Morgan fingerprint density at radius 1 is 1.19 bits per heavy atom. The van der Waals surface area contributed by atoms with Crippen LogP contribution >= 0.6 is 11.6 Å². The number of rotatable bonds is 2. The second-order valence-corrected chi connectivity index (χ2v) is 6.94. The monoisotopic (exact) mass is 378 g/mol. The van der Waals surface area contributed by atoms with Gasteiger partial charge in [0.1, 0.15) is 6.61 Å². The molecule has 3 heterocycles. The second-order valence-electron chi connectivity index (χ2n) is 6.51. The number of para-hydroxylation sites is 1. The predicted molar refractivity (Wildman–Crippen MR) is 105 cm³/mol. The third kappa shape index (κ3) is 2.45. The highest BCUT2D eigenvalue weighted by atomic mass is 35.5. The molecule has 0 saturated heterocycles. The summed E-state index contributed by atoms with van der Waals surface area (Å²) in [5.41, 5.74) is 7.19. The van der Waals surface area contributed by atoms with Crippen molar-refractivity contribution in [3.63, 3.8) is 0 Å². The molecule has 0 fully saturated rings. The van der Waals surface area contributed by atoms with Crippen LogP contribution in [0.3, 0.4) is 0 Å². The molecule has 6 nitrogen and oxygen atoms in total. The van der Waals surface area contributed by atoms with Crippen molar-refractivity contribution in [2.24, 2.45) is 7.05 Å². The van der Waals surface area contributed by atoms with E-state index < -0.39 is 0 Å². The average Bonchev–Trinajstić information content (AvgIpc) is 3.23. The van der Waals surface area contributed by atoms with Gasteiger partial charge in [0.2, 0.25) is 0 Å². The van der Waals surface area contributed by atoms with Gasteiger partial charge in [0.25, 0.3) is 5.91 Å². The van der Waals surface area contributed by atoms with E-state index in [-0.39, 0.29) is 12.5 Å². The molecule has 134 valence electrons. The highest BCUT2D eigenvalue weighted by molar-refractivity contribution is 6.33. The topological polar surface area (TPSA) is 71.9 Å². The normalized spacial score (nSPS) is 15.0. The number of halogens is 1. The van der Waals surface area contributed by atoms with Gasteiger partial charge in [0, 0.05) is 45.7 Å². The molecule has 0 unspecified atom stereocenters. The molecule has 4 aromatic rings. The lowest BCUT2D eigenvalue weighted by Crippen LogP contribution is -2.31. The van der Waals surface area contributed by atoms with E-state index in [1.807, 2.05) is 60.3 Å². The van der Waals surface area contributed by atoms with Crippen LogP contribution in [0.25, 0.3) is 33.0 Å². The van der Waals surface area contributed by atoms with Gasteiger partial charge in [-0.15, -0.1) is 0 Å². The maximum Gasteiger partial charge on any atom is 0.275 e. The predicted octanol–water partition coefficient (Wildman–Crippen LogP) is 3.68. The number of amides is 1. The van der Waals surface area contributed by atoms with E-state index in [0.29, 0.717) is 10.6 Å². The molecule has 0 spiro atoms. The lowest BCUT2D eigenvalue weighted by atomic mass is 9.95. The summed E-state index contributed by atoms with van der Waals surface area (Å²) in [6, 6.07) is 13.5. The third-order valence-corrected chi connectivity index (χ3v) is 5.12. The molecule has 1 aliphatic rings. The smallest absolute Gasteiger partial charge is 0.275 e. The highest BCUT2D eigenvalue weighted by Gasteiger charge is 2.28. The van der Waals surface area contributed by atoms with Crippen LogP contribution in [-0.4, -0.2) is 27.3 Å². The number of carbonyl (C=O) groups is 1. The Labute approximate surface area is 159 Å². The first-order valence-electron chi connectivity index (χ1n) is 8.47. The molecule has 7 heteroatoms. The number of nitrogens with zero attached hydrogens (tertiary/aromatic N) is 2. The Bertz CT molecular complexity index is 1250. The van der Waals surface area contributed by atoms with Gasteiger partial charge in [-0.05, 0) is 24.3 Å². The van der Waals surface area contributed by atoms with E-state index in [4.69, 9.17) is 16.4 Å². The van der Waals surface area contributed by atoms with E-state index in [0.717, 1.165) is 38.6 Å². The quantitative estimate of drug-likeness (QED) is 0.559. The van der Waals surface area contributed by atoms with Crippen LogP contribution in [0.1, 0.15) is 11.3 Å². The number of carbonyl (C=O) groups excluding carboxylic acids is 1. The van der Waals surface area contributed by atoms with Crippen LogP contribution in [-0.2, 0) is 16.7 Å². The number of benzene rings is 2. The molecule has 0 saturated carbocycles. The zero-order valence-corrected chi connectivity index (χ0v) is 15.2. The van der Waals surface area contributed by atoms with Crippen LogP contribution in [0.5, 0.6) is 0 Å². The largest absolute Gasteiger partial charge is 0.350 e. The zero-order valence-electron chi connectivity index (χ0n) is 14.4. The van der Waals surface area contributed by atoms with Gasteiger partial charge in [0.15, 0.2) is 0 Å². The first-order chi connectivity index (χ1) is 13.1. The summed E-state index contributed by atoms with van der Waals surface area (Å²) < 4.78 is 1.98. The Morgan fingerprint density at radius 3 is 2.93 bits per heavy atom. The van der Waals surface area contributed by atoms with Crippen molar-refractivity contribution in [1.29, 1.82) is 0 Å². The lowest BCUT2D eigenvalue weighted by Gasteiger charge is -2.19. The minimum absolute atomic E-state index is 0.229. The van der Waals surface area contributed by atoms with Gasteiger partial charge in [-0.3, -0.25) is 14.7 Å². The van der Waals surface area contributed by atoms with Crippen LogP contribution in [0.15, 0.2) is 48.7 Å². The number of fused-ring (bicyclic) bond motifs is 2. The number of aromatic nitrogens is 3. The summed E-state index contributed by atoms with van der Waals surface area (Å²) in [5.74, 6) is -0.296. The third-order valence-electron chi connectivity index (χ3n) is 4.89. The average molecular weight is 379 g/mol. The summed E-state index contributed by atoms with van der Waals surface area (Å²) in [6.45, 7) is 0.229. The fourth-order valence-corrected chi connectivity index (χ4v) is 3.83. The fourth-order valence-electron chi connectivity index (χ4n) is 3.66. The minimum atomic E-state index is -0.296. The van der Waals surface area contributed by atoms with Crippen LogP contribution < -0.4 is 5.48 Å². The Kier molecular flexibility index (Phi) is 3.56. The summed E-state index contributed by atoms with van der Waals surface area (Å²) in [5, 5.41) is 9.96. The van der Waals surface area contributed by atoms with E-state index >= 15 is 0 Å². The second kappa shape index (κ2) is 5.97. The molecular weight excluding hydrogens is 364 g/mol. The Morgan fingerprint density at radius 2 is 2.04 bits per heavy atom. The molecule has 1 aliphatic heterocycles. The highest BCUT2D eigenvalue weighted by Crippen LogP contribution is 2.36. The van der Waals surface area contributed by atoms with E-state index in [9.17, 15) is 4.79 Å². The molecule has 2 N–H and O–H groups in total. The first-order valence-corrected chi connectivity index (χ1v) is 8.85. The Hall–Kier alpha value is -3.09. The van der Waals surface area contributed by atoms with Crippen LogP contribution in [0.2, 0.25) is 5.02 Å². The van der Waals surface area contributed by atoms with E-state index in [2.05, 4.69) is 15.7 Å². The molecule has 5 rings (SSSR count). The number of aryl methyl sites for hydroxylation is 1. The molecule has 2 aromatic carbocycles. The van der Waals surface area contributed by atoms with Crippen molar-refractivity contribution >= 4 is 50.5 Å². The molecule has 0 bridgehead atoms. The van der Waals surface area contributed by atoms with Gasteiger partial charge >= 0.3 is 0 Å². The number of hydroxylamine groups is 1. The number of aromatic amines is 1. The molecule has 0 aliphatic carbocycles. The number of nitrogens with one attached hydrogen (secondary N) is 2. The van der Waals surface area contributed by atoms with Crippen molar-refractivity contribution in [2.75, 3.05) is 6.61 Å². The van der Waals surface area contributed by atoms with Gasteiger partial charge in [-0.2, -0.15) is 5.10 Å². The molecule has 27 heavy (non-hydrogen) atoms. The minimum Gasteiger partial charge on any atom is -0.350 e. The standard InChI is InChI=1S/C20H15ClN4O2/c1-25-9-14(13-8-11(21)6-7-17(13)25)18-15(10-27-24-20(18)26)19-12-4-2-3-5-16(12)22-23-19/h2-9H,10H2,1H3,(H,22,23)(H,24,26). The van der Waals surface area contributed by atoms with Crippen molar-refractivity contribution in [2.45, 2.75) is 0 Å². The molecule has 1 amide bonds. The van der Waals surface area contributed by atoms with Crippen molar-refractivity contribution < 1.29 is 9.63 Å². The summed E-state index contributed by atoms with van der Waals surface area (Å²) in [6.07, 6.45) is 1.94. The maximum absolute atomic E-state index is 12.8. The SMILES string of the molecule is Cn1cc(C2=C(c3n[nH]c4ccccc34)CONC2=O)c2cc(Cl)ccc21.